The highest BCUT2D eigenvalue weighted by atomic mass is 16.4. The highest BCUT2D eigenvalue weighted by Gasteiger charge is 2.46. The quantitative estimate of drug-likeness (QED) is 0.796. The molecule has 0 bridgehead atoms. The van der Waals surface area contributed by atoms with E-state index in [9.17, 15) is 9.90 Å². The molecule has 0 aromatic carbocycles. The maximum Gasteiger partial charge on any atom is 0.308 e. The first-order chi connectivity index (χ1) is 7.45. The summed E-state index contributed by atoms with van der Waals surface area (Å²) in [4.78, 5) is 11.2. The minimum Gasteiger partial charge on any atom is -0.481 e. The lowest BCUT2D eigenvalue weighted by atomic mass is 9.74. The Labute approximate surface area is 94.6 Å². The second kappa shape index (κ2) is 3.63. The van der Waals surface area contributed by atoms with Gasteiger partial charge in [-0.3, -0.25) is 4.79 Å². The van der Waals surface area contributed by atoms with Crippen molar-refractivity contribution in [3.8, 4) is 0 Å². The van der Waals surface area contributed by atoms with E-state index in [2.05, 4.69) is 5.32 Å². The van der Waals surface area contributed by atoms with E-state index in [-0.39, 0.29) is 11.3 Å². The number of carbonyl (C=O) groups is 1. The van der Waals surface area contributed by atoms with Gasteiger partial charge in [0.15, 0.2) is 0 Å². The normalized spacial score (nSPS) is 29.6. The molecule has 2 rings (SSSR count). The highest BCUT2D eigenvalue weighted by Crippen LogP contribution is 2.38. The molecule has 4 nitrogen and oxygen atoms in total. The van der Waals surface area contributed by atoms with Crippen LogP contribution in [-0.2, 0) is 10.2 Å². The van der Waals surface area contributed by atoms with Gasteiger partial charge in [0.25, 0.3) is 0 Å². The van der Waals surface area contributed by atoms with Crippen molar-refractivity contribution in [1.82, 2.24) is 5.32 Å². The number of nitrogens with one attached hydrogen (secondary N) is 1. The summed E-state index contributed by atoms with van der Waals surface area (Å²) in [6, 6.07) is 1.96. The van der Waals surface area contributed by atoms with Crippen molar-refractivity contribution in [3.05, 3.63) is 23.2 Å². The molecule has 1 aromatic heterocycles. The lowest BCUT2D eigenvalue weighted by Crippen LogP contribution is -2.36. The van der Waals surface area contributed by atoms with Crippen molar-refractivity contribution < 1.29 is 14.3 Å². The first-order valence-electron chi connectivity index (χ1n) is 5.46. The molecule has 0 aliphatic carbocycles. The third kappa shape index (κ3) is 1.53. The minimum absolute atomic E-state index is 0.367. The lowest BCUT2D eigenvalue weighted by molar-refractivity contribution is -0.142. The van der Waals surface area contributed by atoms with Gasteiger partial charge in [0.2, 0.25) is 0 Å². The van der Waals surface area contributed by atoms with E-state index in [1.807, 2.05) is 26.8 Å². The van der Waals surface area contributed by atoms with Crippen LogP contribution in [0.3, 0.4) is 0 Å². The van der Waals surface area contributed by atoms with Crippen LogP contribution in [0.4, 0.5) is 0 Å². The molecule has 4 heteroatoms. The third-order valence-corrected chi connectivity index (χ3v) is 3.56. The molecule has 0 saturated carbocycles. The van der Waals surface area contributed by atoms with Gasteiger partial charge in [-0.25, -0.2) is 0 Å². The number of carboxylic acid groups (broad SMARTS) is 1. The van der Waals surface area contributed by atoms with E-state index in [1.165, 1.54) is 0 Å². The Bertz CT molecular complexity index is 424. The smallest absolute Gasteiger partial charge is 0.308 e. The summed E-state index contributed by atoms with van der Waals surface area (Å²) in [5, 5.41) is 12.4. The number of carboxylic acids is 1. The van der Waals surface area contributed by atoms with Gasteiger partial charge in [-0.15, -0.1) is 0 Å². The van der Waals surface area contributed by atoms with Gasteiger partial charge >= 0.3 is 5.97 Å². The van der Waals surface area contributed by atoms with Crippen LogP contribution in [0.25, 0.3) is 0 Å². The maximum atomic E-state index is 11.2. The number of aliphatic carboxylic acids is 1. The molecule has 1 fully saturated rings. The predicted octanol–water partition coefficient (Wildman–Crippen LogP) is 1.46. The molecule has 0 amide bonds. The standard InChI is InChI=1S/C12H17NO3/c1-7-4-9(8(2)16-7)12(3)6-13-5-10(12)11(14)15/h4,10,13H,5-6H2,1-3H3,(H,14,15). The van der Waals surface area contributed by atoms with Gasteiger partial charge < -0.3 is 14.8 Å². The first kappa shape index (κ1) is 11.2. The first-order valence-corrected chi connectivity index (χ1v) is 5.46. The fourth-order valence-corrected chi connectivity index (χ4v) is 2.67. The van der Waals surface area contributed by atoms with Crippen LogP contribution in [0.5, 0.6) is 0 Å². The van der Waals surface area contributed by atoms with E-state index < -0.39 is 5.97 Å². The Morgan fingerprint density at radius 1 is 1.62 bits per heavy atom. The van der Waals surface area contributed by atoms with Crippen molar-refractivity contribution in [2.75, 3.05) is 13.1 Å². The summed E-state index contributed by atoms with van der Waals surface area (Å²) in [6.45, 7) is 6.98. The van der Waals surface area contributed by atoms with Crippen molar-refractivity contribution >= 4 is 5.97 Å². The molecule has 1 saturated heterocycles. The fraction of sp³-hybridized carbons (Fsp3) is 0.583. The summed E-state index contributed by atoms with van der Waals surface area (Å²) >= 11 is 0. The van der Waals surface area contributed by atoms with Crippen LogP contribution < -0.4 is 5.32 Å². The number of hydrogen-bond donors (Lipinski definition) is 2. The summed E-state index contributed by atoms with van der Waals surface area (Å²) in [5.74, 6) is 0.536. The van der Waals surface area contributed by atoms with Gasteiger partial charge in [-0.05, 0) is 19.9 Å². The third-order valence-electron chi connectivity index (χ3n) is 3.56. The number of hydrogen-bond acceptors (Lipinski definition) is 3. The molecular formula is C12H17NO3. The van der Waals surface area contributed by atoms with Crippen LogP contribution in [0.2, 0.25) is 0 Å². The molecule has 1 aliphatic rings. The van der Waals surface area contributed by atoms with Crippen molar-refractivity contribution in [1.29, 1.82) is 0 Å². The van der Waals surface area contributed by atoms with Crippen LogP contribution in [0, 0.1) is 19.8 Å². The Hall–Kier alpha value is -1.29. The van der Waals surface area contributed by atoms with E-state index in [0.717, 1.165) is 17.1 Å². The van der Waals surface area contributed by atoms with E-state index in [4.69, 9.17) is 4.42 Å². The largest absolute Gasteiger partial charge is 0.481 e. The Morgan fingerprint density at radius 2 is 2.31 bits per heavy atom. The van der Waals surface area contributed by atoms with Crippen LogP contribution >= 0.6 is 0 Å². The zero-order valence-electron chi connectivity index (χ0n) is 9.83. The molecule has 16 heavy (non-hydrogen) atoms. The van der Waals surface area contributed by atoms with Crippen LogP contribution in [0.1, 0.15) is 24.0 Å². The summed E-state index contributed by atoms with van der Waals surface area (Å²) in [5.41, 5.74) is 0.649. The molecule has 2 heterocycles. The fourth-order valence-electron chi connectivity index (χ4n) is 2.67. The molecule has 0 radical (unpaired) electrons. The van der Waals surface area contributed by atoms with Gasteiger partial charge in [0.1, 0.15) is 11.5 Å². The predicted molar refractivity (Wildman–Crippen MR) is 59.5 cm³/mol. The molecule has 0 spiro atoms. The summed E-state index contributed by atoms with van der Waals surface area (Å²) < 4.78 is 5.50. The van der Waals surface area contributed by atoms with Gasteiger partial charge in [0.05, 0.1) is 5.92 Å². The molecule has 2 atom stereocenters. The number of rotatable bonds is 2. The zero-order valence-corrected chi connectivity index (χ0v) is 9.83. The molecule has 2 unspecified atom stereocenters. The second-order valence-corrected chi connectivity index (χ2v) is 4.77. The SMILES string of the molecule is Cc1cc(C2(C)CNCC2C(=O)O)c(C)o1. The number of furan rings is 1. The van der Waals surface area contributed by atoms with Gasteiger partial charge in [-0.1, -0.05) is 6.92 Å². The van der Waals surface area contributed by atoms with Crippen LogP contribution in [0.15, 0.2) is 10.5 Å². The average molecular weight is 223 g/mol. The zero-order chi connectivity index (χ0) is 11.9. The minimum atomic E-state index is -0.745. The van der Waals surface area contributed by atoms with Crippen LogP contribution in [-0.4, -0.2) is 24.2 Å². The van der Waals surface area contributed by atoms with Gasteiger partial charge in [-0.2, -0.15) is 0 Å². The summed E-state index contributed by atoms with van der Waals surface area (Å²) in [6.07, 6.45) is 0. The lowest BCUT2D eigenvalue weighted by Gasteiger charge is -2.27. The Balaban J connectivity index is 2.44. The second-order valence-electron chi connectivity index (χ2n) is 4.77. The van der Waals surface area contributed by atoms with Crippen molar-refractivity contribution in [2.45, 2.75) is 26.2 Å². The maximum absolute atomic E-state index is 11.2. The Morgan fingerprint density at radius 3 is 2.81 bits per heavy atom. The van der Waals surface area contributed by atoms with E-state index in [0.29, 0.717) is 13.1 Å². The monoisotopic (exact) mass is 223 g/mol. The molecular weight excluding hydrogens is 206 g/mol. The van der Waals surface area contributed by atoms with Gasteiger partial charge in [0, 0.05) is 24.1 Å². The molecule has 2 N–H and O–H groups in total. The topological polar surface area (TPSA) is 62.5 Å². The molecule has 1 aliphatic heterocycles. The van der Waals surface area contributed by atoms with E-state index >= 15 is 0 Å². The number of aryl methyl sites for hydroxylation is 2. The average Bonchev–Trinajstić information content (AvgIpc) is 2.70. The Kier molecular flexibility index (Phi) is 2.54. The van der Waals surface area contributed by atoms with Crippen molar-refractivity contribution in [2.24, 2.45) is 5.92 Å². The summed E-state index contributed by atoms with van der Waals surface area (Å²) in [7, 11) is 0. The highest BCUT2D eigenvalue weighted by molar-refractivity contribution is 5.73. The van der Waals surface area contributed by atoms with E-state index in [1.54, 1.807) is 0 Å². The molecule has 1 aromatic rings. The van der Waals surface area contributed by atoms with Crippen molar-refractivity contribution in [3.63, 3.8) is 0 Å². The molecule has 88 valence electrons.